The molecule has 1 saturated heterocycles. The van der Waals surface area contributed by atoms with Crippen LogP contribution in [0.1, 0.15) is 22.3 Å². The molecule has 1 heterocycles. The summed E-state index contributed by atoms with van der Waals surface area (Å²) < 4.78 is 0. The minimum absolute atomic E-state index is 0.0130. The lowest BCUT2D eigenvalue weighted by atomic mass is 10.1. The van der Waals surface area contributed by atoms with Crippen LogP contribution in [0.5, 0.6) is 0 Å². The van der Waals surface area contributed by atoms with Crippen molar-refractivity contribution in [3.8, 4) is 0 Å². The largest absolute Gasteiger partial charge is 0.399 e. The number of rotatable bonds is 3. The lowest BCUT2D eigenvalue weighted by Crippen LogP contribution is -2.38. The Hall–Kier alpha value is -2.08. The van der Waals surface area contributed by atoms with Gasteiger partial charge in [-0.1, -0.05) is 0 Å². The van der Waals surface area contributed by atoms with Crippen molar-refractivity contribution in [3.05, 3.63) is 29.3 Å². The first kappa shape index (κ1) is 15.3. The lowest BCUT2D eigenvalue weighted by Gasteiger charge is -2.21. The maximum Gasteiger partial charge on any atom is 0.253 e. The number of nitrogens with zero attached hydrogens (tertiary/aromatic N) is 2. The van der Waals surface area contributed by atoms with Crippen molar-refractivity contribution in [2.45, 2.75) is 13.3 Å². The van der Waals surface area contributed by atoms with Crippen molar-refractivity contribution < 1.29 is 9.59 Å². The van der Waals surface area contributed by atoms with Crippen molar-refractivity contribution in [1.29, 1.82) is 0 Å². The first-order valence-corrected chi connectivity index (χ1v) is 7.13. The first-order valence-electron chi connectivity index (χ1n) is 7.13. The number of hydrogen-bond donors (Lipinski definition) is 2. The minimum Gasteiger partial charge on any atom is -0.399 e. The average Bonchev–Trinajstić information content (AvgIpc) is 2.66. The van der Waals surface area contributed by atoms with E-state index in [9.17, 15) is 9.59 Å². The topological polar surface area (TPSA) is 92.7 Å². The third-order valence-corrected chi connectivity index (χ3v) is 3.77. The third kappa shape index (κ3) is 3.95. The van der Waals surface area contributed by atoms with E-state index in [1.807, 2.05) is 22.8 Å². The number of nitrogens with two attached hydrogens (primary N) is 2. The Morgan fingerprint density at radius 2 is 1.95 bits per heavy atom. The Morgan fingerprint density at radius 3 is 2.62 bits per heavy atom. The van der Waals surface area contributed by atoms with Gasteiger partial charge in [0.15, 0.2) is 0 Å². The molecule has 0 spiro atoms. The van der Waals surface area contributed by atoms with E-state index in [1.165, 1.54) is 0 Å². The van der Waals surface area contributed by atoms with E-state index in [0.29, 0.717) is 30.9 Å². The second kappa shape index (κ2) is 6.58. The van der Waals surface area contributed by atoms with Gasteiger partial charge in [-0.05, 0) is 37.1 Å². The molecule has 6 heteroatoms. The highest BCUT2D eigenvalue weighted by atomic mass is 16.2. The summed E-state index contributed by atoms with van der Waals surface area (Å²) in [5, 5.41) is 0. The second-order valence-electron chi connectivity index (χ2n) is 5.46. The number of anilines is 1. The number of nitrogen functional groups attached to an aromatic ring is 1. The van der Waals surface area contributed by atoms with Crippen LogP contribution < -0.4 is 11.5 Å². The second-order valence-corrected chi connectivity index (χ2v) is 5.46. The van der Waals surface area contributed by atoms with Crippen molar-refractivity contribution in [2.24, 2.45) is 5.73 Å². The molecule has 114 valence electrons. The molecule has 0 radical (unpaired) electrons. The van der Waals surface area contributed by atoms with Gasteiger partial charge in [-0.25, -0.2) is 0 Å². The van der Waals surface area contributed by atoms with E-state index in [4.69, 9.17) is 11.5 Å². The third-order valence-electron chi connectivity index (χ3n) is 3.77. The summed E-state index contributed by atoms with van der Waals surface area (Å²) >= 11 is 0. The fraction of sp³-hybridized carbons (Fsp3) is 0.467. The standard InChI is InChI=1S/C15H22N4O2/c1-11-9-12(3-4-13(11)16)15(21)19-6-2-5-18(7-8-19)10-14(17)20/h3-4,9H,2,5-8,10,16H2,1H3,(H2,17,20). The number of amides is 2. The molecule has 1 aromatic rings. The fourth-order valence-corrected chi connectivity index (χ4v) is 2.54. The zero-order valence-corrected chi connectivity index (χ0v) is 12.3. The smallest absolute Gasteiger partial charge is 0.253 e. The zero-order chi connectivity index (χ0) is 15.4. The molecule has 2 amide bonds. The number of aryl methyl sites for hydroxylation is 1. The first-order chi connectivity index (χ1) is 9.97. The average molecular weight is 290 g/mol. The van der Waals surface area contributed by atoms with Crippen molar-refractivity contribution in [1.82, 2.24) is 9.80 Å². The molecule has 0 unspecified atom stereocenters. The van der Waals surface area contributed by atoms with Crippen LogP contribution in [-0.4, -0.2) is 54.3 Å². The van der Waals surface area contributed by atoms with Gasteiger partial charge in [0.2, 0.25) is 5.91 Å². The minimum atomic E-state index is -0.330. The van der Waals surface area contributed by atoms with Crippen LogP contribution in [0.2, 0.25) is 0 Å². The Bertz CT molecular complexity index is 544. The summed E-state index contributed by atoms with van der Waals surface area (Å²) in [7, 11) is 0. The van der Waals surface area contributed by atoms with E-state index in [-0.39, 0.29) is 18.4 Å². The van der Waals surface area contributed by atoms with Crippen molar-refractivity contribution in [2.75, 3.05) is 38.5 Å². The highest BCUT2D eigenvalue weighted by Crippen LogP contribution is 2.15. The molecule has 1 aliphatic heterocycles. The summed E-state index contributed by atoms with van der Waals surface area (Å²) in [6, 6.07) is 5.35. The highest BCUT2D eigenvalue weighted by Gasteiger charge is 2.21. The van der Waals surface area contributed by atoms with Crippen LogP contribution in [-0.2, 0) is 4.79 Å². The number of hydrogen-bond acceptors (Lipinski definition) is 4. The van der Waals surface area contributed by atoms with Gasteiger partial charge in [0.1, 0.15) is 0 Å². The zero-order valence-electron chi connectivity index (χ0n) is 12.3. The quantitative estimate of drug-likeness (QED) is 0.778. The maximum absolute atomic E-state index is 12.5. The van der Waals surface area contributed by atoms with E-state index in [1.54, 1.807) is 12.1 Å². The molecule has 1 aliphatic rings. The van der Waals surface area contributed by atoms with E-state index < -0.39 is 0 Å². The Balaban J connectivity index is 2.02. The highest BCUT2D eigenvalue weighted by molar-refractivity contribution is 5.95. The van der Waals surface area contributed by atoms with Gasteiger partial charge in [-0.15, -0.1) is 0 Å². The van der Waals surface area contributed by atoms with Gasteiger partial charge < -0.3 is 16.4 Å². The van der Waals surface area contributed by atoms with E-state index >= 15 is 0 Å². The normalized spacial score (nSPS) is 16.5. The van der Waals surface area contributed by atoms with Gasteiger partial charge >= 0.3 is 0 Å². The Labute approximate surface area is 124 Å². The van der Waals surface area contributed by atoms with Gasteiger partial charge in [0.25, 0.3) is 5.91 Å². The summed E-state index contributed by atoms with van der Waals surface area (Å²) in [6.07, 6.45) is 0.840. The molecule has 6 nitrogen and oxygen atoms in total. The van der Waals surface area contributed by atoms with Gasteiger partial charge in [0.05, 0.1) is 6.54 Å². The molecule has 0 aliphatic carbocycles. The van der Waals surface area contributed by atoms with Crippen LogP contribution >= 0.6 is 0 Å². The lowest BCUT2D eigenvalue weighted by molar-refractivity contribution is -0.119. The predicted octanol–water partition coefficient (Wildman–Crippen LogP) is 0.210. The Kier molecular flexibility index (Phi) is 4.80. The Morgan fingerprint density at radius 1 is 1.19 bits per heavy atom. The van der Waals surface area contributed by atoms with Crippen LogP contribution in [0.15, 0.2) is 18.2 Å². The number of carbonyl (C=O) groups is 2. The monoisotopic (exact) mass is 290 g/mol. The summed E-state index contributed by atoms with van der Waals surface area (Å²) in [5.41, 5.74) is 13.3. The SMILES string of the molecule is Cc1cc(C(=O)N2CCCN(CC(N)=O)CC2)ccc1N. The molecule has 0 aromatic heterocycles. The number of carbonyl (C=O) groups excluding carboxylic acids is 2. The fourth-order valence-electron chi connectivity index (χ4n) is 2.54. The molecule has 0 atom stereocenters. The number of primary amides is 1. The summed E-state index contributed by atoms with van der Waals surface area (Å²) in [6.45, 7) is 4.90. The molecule has 0 bridgehead atoms. The van der Waals surface area contributed by atoms with Gasteiger partial charge in [-0.2, -0.15) is 0 Å². The van der Waals surface area contributed by atoms with Crippen LogP contribution in [0.4, 0.5) is 5.69 Å². The van der Waals surface area contributed by atoms with Crippen molar-refractivity contribution in [3.63, 3.8) is 0 Å². The molecule has 1 fully saturated rings. The molecule has 4 N–H and O–H groups in total. The van der Waals surface area contributed by atoms with Crippen LogP contribution in [0, 0.1) is 6.92 Å². The number of benzene rings is 1. The van der Waals surface area contributed by atoms with E-state index in [2.05, 4.69) is 0 Å². The molecule has 0 saturated carbocycles. The summed E-state index contributed by atoms with van der Waals surface area (Å²) in [4.78, 5) is 27.3. The molecular weight excluding hydrogens is 268 g/mol. The van der Waals surface area contributed by atoms with Crippen molar-refractivity contribution >= 4 is 17.5 Å². The van der Waals surface area contributed by atoms with E-state index in [0.717, 1.165) is 18.5 Å². The van der Waals surface area contributed by atoms with Gasteiger partial charge in [0, 0.05) is 37.4 Å². The van der Waals surface area contributed by atoms with Gasteiger partial charge in [-0.3, -0.25) is 14.5 Å². The molecule has 1 aromatic carbocycles. The molecule has 2 rings (SSSR count). The van der Waals surface area contributed by atoms with Crippen LogP contribution in [0.25, 0.3) is 0 Å². The molecule has 21 heavy (non-hydrogen) atoms. The predicted molar refractivity (Wildman–Crippen MR) is 81.7 cm³/mol. The summed E-state index contributed by atoms with van der Waals surface area (Å²) in [5.74, 6) is -0.317. The molecular formula is C15H22N4O2. The maximum atomic E-state index is 12.5. The van der Waals surface area contributed by atoms with Crippen LogP contribution in [0.3, 0.4) is 0 Å².